The maximum atomic E-state index is 5.79. The number of aromatic amines is 1. The number of hydrogen-bond donors (Lipinski definition) is 1. The number of nitrogens with one attached hydrogen (secondary N) is 1. The van der Waals surface area contributed by atoms with Gasteiger partial charge in [0.15, 0.2) is 0 Å². The largest absolute Gasteiger partial charge is 0.494 e. The van der Waals surface area contributed by atoms with Gasteiger partial charge in [-0.25, -0.2) is 4.98 Å². The first-order chi connectivity index (χ1) is 8.74. The molecule has 0 saturated carbocycles. The van der Waals surface area contributed by atoms with Gasteiger partial charge in [-0.1, -0.05) is 23.4 Å². The van der Waals surface area contributed by atoms with E-state index in [9.17, 15) is 0 Å². The van der Waals surface area contributed by atoms with Crippen molar-refractivity contribution in [1.82, 2.24) is 15.2 Å². The SMILES string of the molecule is Cc1nc(SCCCOc2ccc(Cl)cc2)n[nH]1. The van der Waals surface area contributed by atoms with Crippen molar-refractivity contribution in [3.8, 4) is 5.75 Å². The lowest BCUT2D eigenvalue weighted by Gasteiger charge is -2.05. The predicted molar refractivity (Wildman–Crippen MR) is 73.4 cm³/mol. The number of benzene rings is 1. The van der Waals surface area contributed by atoms with Gasteiger partial charge < -0.3 is 4.74 Å². The Labute approximate surface area is 115 Å². The molecule has 1 N–H and O–H groups in total. The zero-order valence-electron chi connectivity index (χ0n) is 10.0. The lowest BCUT2D eigenvalue weighted by Crippen LogP contribution is -1.98. The standard InChI is InChI=1S/C12H14ClN3OS/c1-9-14-12(16-15-9)18-8-2-7-17-11-5-3-10(13)4-6-11/h3-6H,2,7-8H2,1H3,(H,14,15,16). The van der Waals surface area contributed by atoms with Crippen molar-refractivity contribution in [2.45, 2.75) is 18.5 Å². The number of nitrogens with zero attached hydrogens (tertiary/aromatic N) is 2. The van der Waals surface area contributed by atoms with E-state index in [2.05, 4.69) is 15.2 Å². The highest BCUT2D eigenvalue weighted by atomic mass is 35.5. The van der Waals surface area contributed by atoms with Crippen LogP contribution in [0.2, 0.25) is 5.02 Å². The van der Waals surface area contributed by atoms with E-state index in [0.29, 0.717) is 6.61 Å². The number of hydrogen-bond acceptors (Lipinski definition) is 4. The van der Waals surface area contributed by atoms with Crippen LogP contribution in [0.3, 0.4) is 0 Å². The molecule has 0 atom stereocenters. The molecular formula is C12H14ClN3OS. The molecule has 6 heteroatoms. The zero-order valence-corrected chi connectivity index (χ0v) is 11.6. The van der Waals surface area contributed by atoms with Crippen LogP contribution >= 0.6 is 23.4 Å². The van der Waals surface area contributed by atoms with Crippen LogP contribution in [0.25, 0.3) is 0 Å². The Balaban J connectivity index is 1.63. The molecule has 1 aromatic carbocycles. The third-order valence-corrected chi connectivity index (χ3v) is 3.36. The number of halogens is 1. The molecule has 0 bridgehead atoms. The summed E-state index contributed by atoms with van der Waals surface area (Å²) in [4.78, 5) is 4.22. The van der Waals surface area contributed by atoms with Crippen LogP contribution in [-0.2, 0) is 0 Å². The fraction of sp³-hybridized carbons (Fsp3) is 0.333. The summed E-state index contributed by atoms with van der Waals surface area (Å²) >= 11 is 7.41. The van der Waals surface area contributed by atoms with Gasteiger partial charge in [0.2, 0.25) is 5.16 Å². The van der Waals surface area contributed by atoms with Crippen LogP contribution in [0.5, 0.6) is 5.75 Å². The number of ether oxygens (including phenoxy) is 1. The maximum Gasteiger partial charge on any atom is 0.208 e. The third-order valence-electron chi connectivity index (χ3n) is 2.18. The first-order valence-electron chi connectivity index (χ1n) is 5.64. The van der Waals surface area contributed by atoms with Gasteiger partial charge in [0.1, 0.15) is 11.6 Å². The molecule has 0 spiro atoms. The number of thioether (sulfide) groups is 1. The molecule has 2 rings (SSSR count). The average Bonchev–Trinajstić information content (AvgIpc) is 2.77. The Hall–Kier alpha value is -1.20. The van der Waals surface area contributed by atoms with Crippen LogP contribution in [0, 0.1) is 6.92 Å². The molecule has 1 aromatic heterocycles. The van der Waals surface area contributed by atoms with Crippen molar-refractivity contribution in [1.29, 1.82) is 0 Å². The van der Waals surface area contributed by atoms with Gasteiger partial charge in [-0.15, -0.1) is 5.10 Å². The third kappa shape index (κ3) is 4.23. The monoisotopic (exact) mass is 283 g/mol. The van der Waals surface area contributed by atoms with Crippen LogP contribution in [0.4, 0.5) is 0 Å². The molecule has 18 heavy (non-hydrogen) atoms. The van der Waals surface area contributed by atoms with Crippen molar-refractivity contribution in [3.63, 3.8) is 0 Å². The summed E-state index contributed by atoms with van der Waals surface area (Å²) in [5.41, 5.74) is 0. The summed E-state index contributed by atoms with van der Waals surface area (Å²) in [6, 6.07) is 7.38. The van der Waals surface area contributed by atoms with Crippen LogP contribution in [-0.4, -0.2) is 27.5 Å². The van der Waals surface area contributed by atoms with Gasteiger partial charge in [0.25, 0.3) is 0 Å². The zero-order chi connectivity index (χ0) is 12.8. The normalized spacial score (nSPS) is 10.6. The van der Waals surface area contributed by atoms with E-state index >= 15 is 0 Å². The Morgan fingerprint density at radius 3 is 2.78 bits per heavy atom. The van der Waals surface area contributed by atoms with Crippen molar-refractivity contribution >= 4 is 23.4 Å². The second-order valence-corrected chi connectivity index (χ2v) is 5.21. The smallest absolute Gasteiger partial charge is 0.208 e. The lowest BCUT2D eigenvalue weighted by atomic mass is 10.3. The van der Waals surface area contributed by atoms with Crippen LogP contribution < -0.4 is 4.74 Å². The van der Waals surface area contributed by atoms with E-state index in [1.165, 1.54) is 0 Å². The topological polar surface area (TPSA) is 50.8 Å². The summed E-state index contributed by atoms with van der Waals surface area (Å²) in [5.74, 6) is 2.62. The van der Waals surface area contributed by atoms with Crippen molar-refractivity contribution in [3.05, 3.63) is 35.1 Å². The molecule has 1 heterocycles. The highest BCUT2D eigenvalue weighted by Gasteiger charge is 2.00. The molecule has 2 aromatic rings. The quantitative estimate of drug-likeness (QED) is 0.653. The van der Waals surface area contributed by atoms with E-state index in [4.69, 9.17) is 16.3 Å². The van der Waals surface area contributed by atoms with Crippen LogP contribution in [0.1, 0.15) is 12.2 Å². The maximum absolute atomic E-state index is 5.79. The van der Waals surface area contributed by atoms with Gasteiger partial charge in [-0.05, 0) is 37.6 Å². The number of H-pyrrole nitrogens is 1. The summed E-state index contributed by atoms with van der Waals surface area (Å²) in [6.45, 7) is 2.57. The molecule has 96 valence electrons. The van der Waals surface area contributed by atoms with Crippen molar-refractivity contribution in [2.75, 3.05) is 12.4 Å². The summed E-state index contributed by atoms with van der Waals surface area (Å²) < 4.78 is 5.58. The second-order valence-electron chi connectivity index (χ2n) is 3.71. The number of aryl methyl sites for hydroxylation is 1. The van der Waals surface area contributed by atoms with E-state index in [1.54, 1.807) is 11.8 Å². The van der Waals surface area contributed by atoms with Gasteiger partial charge >= 0.3 is 0 Å². The molecule has 0 unspecified atom stereocenters. The lowest BCUT2D eigenvalue weighted by molar-refractivity contribution is 0.318. The average molecular weight is 284 g/mol. The minimum absolute atomic E-state index is 0.679. The van der Waals surface area contributed by atoms with Crippen molar-refractivity contribution in [2.24, 2.45) is 0 Å². The molecule has 0 radical (unpaired) electrons. The minimum Gasteiger partial charge on any atom is -0.494 e. The van der Waals surface area contributed by atoms with Crippen LogP contribution in [0.15, 0.2) is 29.4 Å². The summed E-state index contributed by atoms with van der Waals surface area (Å²) in [6.07, 6.45) is 0.945. The molecule has 0 aliphatic carbocycles. The Bertz CT molecular complexity index is 486. The van der Waals surface area contributed by atoms with E-state index in [0.717, 1.165) is 33.9 Å². The predicted octanol–water partition coefficient (Wildman–Crippen LogP) is 3.33. The Morgan fingerprint density at radius 2 is 2.11 bits per heavy atom. The second kappa shape index (κ2) is 6.66. The highest BCUT2D eigenvalue weighted by Crippen LogP contribution is 2.17. The number of rotatable bonds is 6. The number of aromatic nitrogens is 3. The summed E-state index contributed by atoms with van der Waals surface area (Å²) in [5, 5.41) is 8.38. The van der Waals surface area contributed by atoms with Gasteiger partial charge in [0.05, 0.1) is 6.61 Å². The fourth-order valence-electron chi connectivity index (χ4n) is 1.33. The molecule has 0 aliphatic rings. The van der Waals surface area contributed by atoms with E-state index < -0.39 is 0 Å². The van der Waals surface area contributed by atoms with Gasteiger partial charge in [-0.3, -0.25) is 5.10 Å². The molecule has 0 amide bonds. The van der Waals surface area contributed by atoms with Gasteiger partial charge in [-0.2, -0.15) is 0 Å². The molecule has 4 nitrogen and oxygen atoms in total. The van der Waals surface area contributed by atoms with Gasteiger partial charge in [0, 0.05) is 10.8 Å². The Kier molecular flexibility index (Phi) is 4.90. The minimum atomic E-state index is 0.679. The molecule has 0 fully saturated rings. The first-order valence-corrected chi connectivity index (χ1v) is 7.00. The molecule has 0 aliphatic heterocycles. The van der Waals surface area contributed by atoms with E-state index in [1.807, 2.05) is 31.2 Å². The van der Waals surface area contributed by atoms with E-state index in [-0.39, 0.29) is 0 Å². The fourth-order valence-corrected chi connectivity index (χ4v) is 2.21. The highest BCUT2D eigenvalue weighted by molar-refractivity contribution is 7.99. The first kappa shape index (κ1) is 13.2. The Morgan fingerprint density at radius 1 is 1.33 bits per heavy atom. The van der Waals surface area contributed by atoms with Crippen molar-refractivity contribution < 1.29 is 4.74 Å². The molecule has 0 saturated heterocycles. The summed E-state index contributed by atoms with van der Waals surface area (Å²) in [7, 11) is 0. The molecular weight excluding hydrogens is 270 g/mol.